The Labute approximate surface area is 94.5 Å². The second-order valence-electron chi connectivity index (χ2n) is 3.35. The van der Waals surface area contributed by atoms with E-state index in [0.29, 0.717) is 22.9 Å². The van der Waals surface area contributed by atoms with Crippen molar-refractivity contribution in [2.45, 2.75) is 19.4 Å². The van der Waals surface area contributed by atoms with Crippen LogP contribution >= 0.6 is 11.6 Å². The van der Waals surface area contributed by atoms with Crippen molar-refractivity contribution in [2.24, 2.45) is 0 Å². The zero-order valence-corrected chi connectivity index (χ0v) is 9.46. The molecule has 0 radical (unpaired) electrons. The van der Waals surface area contributed by atoms with Crippen LogP contribution in [0.25, 0.3) is 0 Å². The topological polar surface area (TPSA) is 71.2 Å². The fourth-order valence-electron chi connectivity index (χ4n) is 1.26. The number of hydrogen-bond acceptors (Lipinski definition) is 4. The molecule has 0 saturated carbocycles. The van der Waals surface area contributed by atoms with Gasteiger partial charge in [-0.25, -0.2) is 4.98 Å². The van der Waals surface area contributed by atoms with Gasteiger partial charge >= 0.3 is 0 Å². The van der Waals surface area contributed by atoms with E-state index in [1.165, 1.54) is 6.20 Å². The molecule has 84 valence electrons. The van der Waals surface area contributed by atoms with Crippen molar-refractivity contribution in [1.82, 2.24) is 10.3 Å². The van der Waals surface area contributed by atoms with Crippen LogP contribution in [0.5, 0.6) is 0 Å². The number of nitrogens with one attached hydrogen (secondary N) is 1. The molecule has 0 amide bonds. The smallest absolute Gasteiger partial charge is 0.129 e. The van der Waals surface area contributed by atoms with Crippen molar-refractivity contribution in [3.8, 4) is 0 Å². The predicted molar refractivity (Wildman–Crippen MR) is 61.8 cm³/mol. The molecule has 5 heteroatoms. The maximum atomic E-state index is 9.81. The number of nitrogens with two attached hydrogens (primary N) is 1. The minimum Gasteiger partial charge on any atom is -0.387 e. The Morgan fingerprint density at radius 2 is 2.40 bits per heavy atom. The van der Waals surface area contributed by atoms with Crippen LogP contribution in [0.2, 0.25) is 5.02 Å². The van der Waals surface area contributed by atoms with Gasteiger partial charge in [-0.15, -0.1) is 0 Å². The summed E-state index contributed by atoms with van der Waals surface area (Å²) >= 11 is 5.77. The van der Waals surface area contributed by atoms with E-state index in [-0.39, 0.29) is 0 Å². The summed E-state index contributed by atoms with van der Waals surface area (Å²) in [4.78, 5) is 3.89. The molecule has 1 rings (SSSR count). The number of aliphatic hydroxyl groups is 1. The molecule has 1 atom stereocenters. The van der Waals surface area contributed by atoms with Gasteiger partial charge in [0.15, 0.2) is 0 Å². The molecule has 0 aliphatic rings. The Hall–Kier alpha value is -0.840. The summed E-state index contributed by atoms with van der Waals surface area (Å²) < 4.78 is 0. The number of pyridine rings is 1. The van der Waals surface area contributed by atoms with Gasteiger partial charge in [-0.3, -0.25) is 0 Å². The van der Waals surface area contributed by atoms with Crippen LogP contribution in [-0.4, -0.2) is 23.2 Å². The Morgan fingerprint density at radius 1 is 1.67 bits per heavy atom. The molecule has 0 aliphatic heterocycles. The van der Waals surface area contributed by atoms with Crippen molar-refractivity contribution >= 4 is 17.4 Å². The van der Waals surface area contributed by atoms with Gasteiger partial charge in [0.1, 0.15) is 5.82 Å². The van der Waals surface area contributed by atoms with Gasteiger partial charge in [-0.2, -0.15) is 0 Å². The van der Waals surface area contributed by atoms with Crippen LogP contribution in [0.15, 0.2) is 12.3 Å². The zero-order valence-electron chi connectivity index (χ0n) is 8.70. The fourth-order valence-corrected chi connectivity index (χ4v) is 1.42. The van der Waals surface area contributed by atoms with E-state index < -0.39 is 6.10 Å². The third kappa shape index (κ3) is 3.66. The van der Waals surface area contributed by atoms with Gasteiger partial charge in [-0.1, -0.05) is 18.5 Å². The van der Waals surface area contributed by atoms with Gasteiger partial charge in [0, 0.05) is 18.3 Å². The third-order valence-electron chi connectivity index (χ3n) is 2.04. The first-order chi connectivity index (χ1) is 7.15. The summed E-state index contributed by atoms with van der Waals surface area (Å²) in [7, 11) is 0. The summed E-state index contributed by atoms with van der Waals surface area (Å²) in [5.74, 6) is 0.324. The fraction of sp³-hybridized carbons (Fsp3) is 0.500. The predicted octanol–water partition coefficient (Wildman–Crippen LogP) is 1.35. The van der Waals surface area contributed by atoms with Gasteiger partial charge in [0.05, 0.1) is 11.1 Å². The van der Waals surface area contributed by atoms with Crippen LogP contribution in [-0.2, 0) is 0 Å². The zero-order chi connectivity index (χ0) is 11.3. The monoisotopic (exact) mass is 229 g/mol. The molecule has 4 nitrogen and oxygen atoms in total. The second-order valence-corrected chi connectivity index (χ2v) is 3.78. The maximum absolute atomic E-state index is 9.81. The highest BCUT2D eigenvalue weighted by molar-refractivity contribution is 6.30. The Kier molecular flexibility index (Phi) is 4.81. The molecule has 1 unspecified atom stereocenters. The van der Waals surface area contributed by atoms with Gasteiger partial charge in [0.25, 0.3) is 0 Å². The minimum atomic E-state index is -0.664. The van der Waals surface area contributed by atoms with Crippen LogP contribution in [0.3, 0.4) is 0 Å². The molecule has 0 aromatic carbocycles. The van der Waals surface area contributed by atoms with Crippen LogP contribution in [0.1, 0.15) is 25.0 Å². The van der Waals surface area contributed by atoms with Gasteiger partial charge in [-0.05, 0) is 19.0 Å². The van der Waals surface area contributed by atoms with E-state index in [1.807, 2.05) is 0 Å². The highest BCUT2D eigenvalue weighted by Gasteiger charge is 2.11. The summed E-state index contributed by atoms with van der Waals surface area (Å²) in [5.41, 5.74) is 6.21. The van der Waals surface area contributed by atoms with Gasteiger partial charge < -0.3 is 16.2 Å². The summed E-state index contributed by atoms with van der Waals surface area (Å²) in [5, 5.41) is 13.4. The van der Waals surface area contributed by atoms with E-state index in [4.69, 9.17) is 17.3 Å². The number of aromatic nitrogens is 1. The lowest BCUT2D eigenvalue weighted by atomic mass is 10.1. The van der Waals surface area contributed by atoms with E-state index in [1.54, 1.807) is 6.07 Å². The quantitative estimate of drug-likeness (QED) is 0.667. The lowest BCUT2D eigenvalue weighted by Gasteiger charge is -2.13. The molecule has 0 fully saturated rings. The third-order valence-corrected chi connectivity index (χ3v) is 2.25. The van der Waals surface area contributed by atoms with Gasteiger partial charge in [0.2, 0.25) is 0 Å². The second kappa shape index (κ2) is 5.90. The number of anilines is 1. The molecule has 1 heterocycles. The van der Waals surface area contributed by atoms with Crippen molar-refractivity contribution in [1.29, 1.82) is 0 Å². The first-order valence-corrected chi connectivity index (χ1v) is 5.32. The van der Waals surface area contributed by atoms with Crippen LogP contribution in [0.4, 0.5) is 5.82 Å². The molecule has 0 saturated heterocycles. The summed E-state index contributed by atoms with van der Waals surface area (Å²) in [6, 6.07) is 1.64. The average Bonchev–Trinajstić information content (AvgIpc) is 2.22. The van der Waals surface area contributed by atoms with E-state index in [9.17, 15) is 5.11 Å². The number of hydrogen-bond donors (Lipinski definition) is 3. The van der Waals surface area contributed by atoms with Crippen molar-refractivity contribution in [3.05, 3.63) is 22.8 Å². The molecule has 0 spiro atoms. The standard InChI is InChI=1S/C10H16ClN3O/c1-2-3-13-6-9(15)8-4-7(11)5-14-10(8)12/h4-5,9,13,15H,2-3,6H2,1H3,(H2,12,14). The molecule has 1 aromatic heterocycles. The first-order valence-electron chi connectivity index (χ1n) is 4.94. The Morgan fingerprint density at radius 3 is 3.07 bits per heavy atom. The van der Waals surface area contributed by atoms with Crippen molar-refractivity contribution in [3.63, 3.8) is 0 Å². The SMILES string of the molecule is CCCNCC(O)c1cc(Cl)cnc1N. The molecular formula is C10H16ClN3O. The lowest BCUT2D eigenvalue weighted by molar-refractivity contribution is 0.175. The number of nitrogens with zero attached hydrogens (tertiary/aromatic N) is 1. The minimum absolute atomic E-state index is 0.324. The largest absolute Gasteiger partial charge is 0.387 e. The normalized spacial score (nSPS) is 12.7. The first kappa shape index (κ1) is 12.2. The van der Waals surface area contributed by atoms with E-state index in [2.05, 4.69) is 17.2 Å². The molecule has 4 N–H and O–H groups in total. The highest BCUT2D eigenvalue weighted by Crippen LogP contribution is 2.21. The molecular weight excluding hydrogens is 214 g/mol. The molecule has 15 heavy (non-hydrogen) atoms. The van der Waals surface area contributed by atoms with Crippen molar-refractivity contribution in [2.75, 3.05) is 18.8 Å². The van der Waals surface area contributed by atoms with Crippen LogP contribution < -0.4 is 11.1 Å². The number of aliphatic hydroxyl groups excluding tert-OH is 1. The molecule has 1 aromatic rings. The maximum Gasteiger partial charge on any atom is 0.129 e. The number of halogens is 1. The molecule has 0 bridgehead atoms. The Balaban J connectivity index is 2.64. The van der Waals surface area contributed by atoms with Crippen LogP contribution in [0, 0.1) is 0 Å². The summed E-state index contributed by atoms with van der Waals surface area (Å²) in [6.45, 7) is 3.39. The highest BCUT2D eigenvalue weighted by atomic mass is 35.5. The number of nitrogen functional groups attached to an aromatic ring is 1. The van der Waals surface area contributed by atoms with Crippen molar-refractivity contribution < 1.29 is 5.11 Å². The van der Waals surface area contributed by atoms with E-state index >= 15 is 0 Å². The Bertz CT molecular complexity index is 320. The summed E-state index contributed by atoms with van der Waals surface area (Å²) in [6.07, 6.45) is 1.82. The molecule has 0 aliphatic carbocycles. The number of rotatable bonds is 5. The average molecular weight is 230 g/mol. The lowest BCUT2D eigenvalue weighted by Crippen LogP contribution is -2.22. The van der Waals surface area contributed by atoms with E-state index in [0.717, 1.165) is 13.0 Å².